The van der Waals surface area contributed by atoms with Gasteiger partial charge < -0.3 is 4.90 Å². The Morgan fingerprint density at radius 3 is 2.27 bits per heavy atom. The summed E-state index contributed by atoms with van der Waals surface area (Å²) in [7, 11) is 0. The lowest BCUT2D eigenvalue weighted by Gasteiger charge is -2.41. The van der Waals surface area contributed by atoms with Gasteiger partial charge in [-0.1, -0.05) is 0 Å². The molecule has 1 aliphatic heterocycles. The van der Waals surface area contributed by atoms with E-state index in [4.69, 9.17) is 5.26 Å². The molecule has 2 aliphatic rings. The summed E-state index contributed by atoms with van der Waals surface area (Å²) in [6, 6.07) is 2.24. The molecule has 1 saturated heterocycles. The summed E-state index contributed by atoms with van der Waals surface area (Å²) in [5.41, 5.74) is -0.710. The number of rotatable bonds is 1. The van der Waals surface area contributed by atoms with Crippen molar-refractivity contribution in [1.82, 2.24) is 4.90 Å². The van der Waals surface area contributed by atoms with Gasteiger partial charge in [0.15, 0.2) is 0 Å². The predicted molar refractivity (Wildman–Crippen MR) is 56.9 cm³/mol. The maximum absolute atomic E-state index is 12.3. The molecule has 3 heteroatoms. The Morgan fingerprint density at radius 1 is 1.27 bits per heavy atom. The van der Waals surface area contributed by atoms with Crippen molar-refractivity contribution in [2.24, 2.45) is 5.41 Å². The molecule has 0 unspecified atom stereocenters. The van der Waals surface area contributed by atoms with Crippen molar-refractivity contribution < 1.29 is 4.79 Å². The van der Waals surface area contributed by atoms with Gasteiger partial charge in [-0.25, -0.2) is 0 Å². The monoisotopic (exact) mass is 206 g/mol. The van der Waals surface area contributed by atoms with E-state index in [1.165, 1.54) is 0 Å². The van der Waals surface area contributed by atoms with E-state index >= 15 is 0 Å². The maximum Gasteiger partial charge on any atom is 0.243 e. The highest BCUT2D eigenvalue weighted by Gasteiger charge is 2.50. The van der Waals surface area contributed by atoms with Gasteiger partial charge in [-0.05, 0) is 46.0 Å². The van der Waals surface area contributed by atoms with Gasteiger partial charge in [-0.2, -0.15) is 5.26 Å². The van der Waals surface area contributed by atoms with E-state index in [1.54, 1.807) is 0 Å². The average Bonchev–Trinajstić information content (AvgIpc) is 2.44. The summed E-state index contributed by atoms with van der Waals surface area (Å²) in [5.74, 6) is 0.0822. The lowest BCUT2D eigenvalue weighted by Crippen LogP contribution is -2.52. The van der Waals surface area contributed by atoms with E-state index in [0.29, 0.717) is 0 Å². The van der Waals surface area contributed by atoms with Crippen LogP contribution in [0, 0.1) is 16.7 Å². The summed E-state index contributed by atoms with van der Waals surface area (Å²) >= 11 is 0. The maximum atomic E-state index is 12.3. The van der Waals surface area contributed by atoms with Crippen molar-refractivity contribution >= 4 is 5.91 Å². The molecule has 1 saturated carbocycles. The minimum atomic E-state index is -0.665. The van der Waals surface area contributed by atoms with Crippen LogP contribution in [-0.2, 0) is 4.79 Å². The molecular weight excluding hydrogens is 188 g/mol. The van der Waals surface area contributed by atoms with Crippen LogP contribution < -0.4 is 0 Å². The highest BCUT2D eigenvalue weighted by atomic mass is 16.2. The Bertz CT molecular complexity index is 323. The fourth-order valence-corrected chi connectivity index (χ4v) is 2.65. The van der Waals surface area contributed by atoms with E-state index in [2.05, 4.69) is 19.9 Å². The lowest BCUT2D eigenvalue weighted by atomic mass is 9.68. The van der Waals surface area contributed by atoms with Crippen LogP contribution >= 0.6 is 0 Å². The zero-order valence-corrected chi connectivity index (χ0v) is 9.55. The Hall–Kier alpha value is -1.04. The van der Waals surface area contributed by atoms with Crippen LogP contribution in [0.5, 0.6) is 0 Å². The summed E-state index contributed by atoms with van der Waals surface area (Å²) < 4.78 is 0. The normalized spacial score (nSPS) is 26.9. The highest BCUT2D eigenvalue weighted by molar-refractivity contribution is 5.87. The number of carbonyl (C=O) groups is 1. The zero-order valence-electron chi connectivity index (χ0n) is 9.55. The number of hydrogen-bond acceptors (Lipinski definition) is 2. The van der Waals surface area contributed by atoms with Crippen LogP contribution in [0.4, 0.5) is 0 Å². The standard InChI is InChI=1S/C12H18N2O/c1-11(2)5-4-8-14(11)10(15)12(9-13)6-3-7-12/h3-8H2,1-2H3. The average molecular weight is 206 g/mol. The molecule has 1 aliphatic carbocycles. The molecule has 0 aromatic carbocycles. The summed E-state index contributed by atoms with van der Waals surface area (Å²) in [4.78, 5) is 14.2. The van der Waals surface area contributed by atoms with Gasteiger partial charge in [-0.3, -0.25) is 4.79 Å². The van der Waals surface area contributed by atoms with Gasteiger partial charge in [0.05, 0.1) is 6.07 Å². The molecule has 0 aromatic heterocycles. The van der Waals surface area contributed by atoms with E-state index in [0.717, 1.165) is 38.6 Å². The SMILES string of the molecule is CC1(C)CCCN1C(=O)C1(C#N)CCC1. The molecule has 82 valence electrons. The van der Waals surface area contributed by atoms with Crippen molar-refractivity contribution in [2.45, 2.75) is 51.5 Å². The van der Waals surface area contributed by atoms with E-state index in [1.807, 2.05) is 4.90 Å². The van der Waals surface area contributed by atoms with Crippen LogP contribution in [0.1, 0.15) is 46.0 Å². The van der Waals surface area contributed by atoms with Crippen LogP contribution in [-0.4, -0.2) is 22.9 Å². The first-order valence-corrected chi connectivity index (χ1v) is 5.75. The van der Waals surface area contributed by atoms with Gasteiger partial charge in [-0.15, -0.1) is 0 Å². The number of amides is 1. The van der Waals surface area contributed by atoms with Crippen LogP contribution in [0.25, 0.3) is 0 Å². The molecule has 2 rings (SSSR count). The van der Waals surface area contributed by atoms with Crippen molar-refractivity contribution in [3.8, 4) is 6.07 Å². The van der Waals surface area contributed by atoms with Crippen LogP contribution in [0.15, 0.2) is 0 Å². The molecule has 0 atom stereocenters. The van der Waals surface area contributed by atoms with E-state index in [-0.39, 0.29) is 11.4 Å². The molecule has 2 fully saturated rings. The summed E-state index contributed by atoms with van der Waals surface area (Å²) in [6.07, 6.45) is 4.66. The second-order valence-corrected chi connectivity index (χ2v) is 5.42. The molecule has 1 heterocycles. The first-order chi connectivity index (χ1) is 7.02. The van der Waals surface area contributed by atoms with Gasteiger partial charge in [0.25, 0.3) is 0 Å². The molecule has 0 bridgehead atoms. The number of nitriles is 1. The second kappa shape index (κ2) is 3.23. The van der Waals surface area contributed by atoms with Crippen LogP contribution in [0.3, 0.4) is 0 Å². The zero-order chi connectivity index (χ0) is 11.1. The number of hydrogen-bond donors (Lipinski definition) is 0. The van der Waals surface area contributed by atoms with Crippen molar-refractivity contribution in [3.63, 3.8) is 0 Å². The third-order valence-corrected chi connectivity index (χ3v) is 3.98. The molecule has 0 spiro atoms. The minimum Gasteiger partial charge on any atom is -0.336 e. The van der Waals surface area contributed by atoms with Gasteiger partial charge in [0, 0.05) is 12.1 Å². The molecule has 3 nitrogen and oxygen atoms in total. The van der Waals surface area contributed by atoms with Crippen molar-refractivity contribution in [3.05, 3.63) is 0 Å². The van der Waals surface area contributed by atoms with Crippen molar-refractivity contribution in [1.29, 1.82) is 5.26 Å². The van der Waals surface area contributed by atoms with E-state index in [9.17, 15) is 4.79 Å². The topological polar surface area (TPSA) is 44.1 Å². The second-order valence-electron chi connectivity index (χ2n) is 5.42. The van der Waals surface area contributed by atoms with E-state index < -0.39 is 5.41 Å². The van der Waals surface area contributed by atoms with Gasteiger partial charge in [0.1, 0.15) is 5.41 Å². The first kappa shape index (κ1) is 10.5. The quantitative estimate of drug-likeness (QED) is 0.659. The van der Waals surface area contributed by atoms with Gasteiger partial charge in [0.2, 0.25) is 5.91 Å². The molecular formula is C12H18N2O. The highest BCUT2D eigenvalue weighted by Crippen LogP contribution is 2.44. The molecule has 0 N–H and O–H groups in total. The first-order valence-electron chi connectivity index (χ1n) is 5.75. The predicted octanol–water partition coefficient (Wildman–Crippen LogP) is 2.08. The number of carbonyl (C=O) groups excluding carboxylic acids is 1. The van der Waals surface area contributed by atoms with Gasteiger partial charge >= 0.3 is 0 Å². The molecule has 0 radical (unpaired) electrons. The Morgan fingerprint density at radius 2 is 1.93 bits per heavy atom. The Balaban J connectivity index is 2.18. The third-order valence-electron chi connectivity index (χ3n) is 3.98. The Kier molecular flexibility index (Phi) is 2.26. The number of nitrogens with zero attached hydrogens (tertiary/aromatic N) is 2. The molecule has 15 heavy (non-hydrogen) atoms. The fourth-order valence-electron chi connectivity index (χ4n) is 2.65. The molecule has 1 amide bonds. The Labute approximate surface area is 91.1 Å². The largest absolute Gasteiger partial charge is 0.336 e. The molecule has 0 aromatic rings. The third kappa shape index (κ3) is 1.43. The number of likely N-dealkylation sites (tertiary alicyclic amines) is 1. The summed E-state index contributed by atoms with van der Waals surface area (Å²) in [6.45, 7) is 5.03. The summed E-state index contributed by atoms with van der Waals surface area (Å²) in [5, 5.41) is 9.14. The van der Waals surface area contributed by atoms with Crippen molar-refractivity contribution in [2.75, 3.05) is 6.54 Å². The fraction of sp³-hybridized carbons (Fsp3) is 0.833. The van der Waals surface area contributed by atoms with Crippen LogP contribution in [0.2, 0.25) is 0 Å². The minimum absolute atomic E-state index is 0.0451. The lowest BCUT2D eigenvalue weighted by molar-refractivity contribution is -0.146. The smallest absolute Gasteiger partial charge is 0.243 e.